The van der Waals surface area contributed by atoms with E-state index in [1.807, 2.05) is 52.8 Å². The average Bonchev–Trinajstić information content (AvgIpc) is 2.33. The Labute approximate surface area is 128 Å². The van der Waals surface area contributed by atoms with Crippen molar-refractivity contribution in [2.24, 2.45) is 10.5 Å². The lowest BCUT2D eigenvalue weighted by molar-refractivity contribution is -0.123. The third-order valence-electron chi connectivity index (χ3n) is 2.88. The van der Waals surface area contributed by atoms with Crippen LogP contribution in [0.5, 0.6) is 5.75 Å². The zero-order valence-electron chi connectivity index (χ0n) is 12.6. The molecule has 0 radical (unpaired) electrons. The summed E-state index contributed by atoms with van der Waals surface area (Å²) in [6.45, 7) is 9.93. The van der Waals surface area contributed by atoms with Gasteiger partial charge < -0.3 is 4.74 Å². The summed E-state index contributed by atoms with van der Waals surface area (Å²) in [6, 6.07) is 5.70. The van der Waals surface area contributed by atoms with Gasteiger partial charge in [0.1, 0.15) is 5.75 Å². The molecule has 0 unspecified atom stereocenters. The summed E-state index contributed by atoms with van der Waals surface area (Å²) in [5, 5.41) is 4.07. The molecule has 0 atom stereocenters. The number of hydrogen-bond donors (Lipinski definition) is 1. The van der Waals surface area contributed by atoms with Gasteiger partial charge in [-0.2, -0.15) is 5.10 Å². The molecule has 20 heavy (non-hydrogen) atoms. The van der Waals surface area contributed by atoms with E-state index < -0.39 is 0 Å². The normalized spacial score (nSPS) is 12.2. The Bertz CT molecular complexity index is 519. The maximum absolute atomic E-state index is 11.7. The lowest BCUT2D eigenvalue weighted by Gasteiger charge is -2.17. The minimum atomic E-state index is -0.277. The van der Waals surface area contributed by atoms with Crippen LogP contribution in [0, 0.1) is 12.3 Å². The second-order valence-corrected chi connectivity index (χ2v) is 6.56. The molecule has 4 nitrogen and oxygen atoms in total. The molecule has 110 valence electrons. The molecule has 0 fully saturated rings. The number of benzene rings is 1. The number of nitrogens with zero attached hydrogens (tertiary/aromatic N) is 1. The van der Waals surface area contributed by atoms with Gasteiger partial charge in [0, 0.05) is 11.1 Å². The highest BCUT2D eigenvalue weighted by Crippen LogP contribution is 2.25. The highest BCUT2D eigenvalue weighted by Gasteiger charge is 2.14. The Morgan fingerprint density at radius 3 is 2.60 bits per heavy atom. The van der Waals surface area contributed by atoms with Gasteiger partial charge in [-0.25, -0.2) is 5.43 Å². The molecule has 1 N–H and O–H groups in total. The number of amides is 1. The molecule has 0 bridgehead atoms. The summed E-state index contributed by atoms with van der Waals surface area (Å²) < 4.78 is 6.28. The molecule has 0 aliphatic rings. The molecule has 0 aliphatic heterocycles. The molecular formula is C15H21BrN2O2. The SMILES string of the molecule is C/C(=N\NC(=O)COc1ccc(C)cc1Br)C(C)(C)C. The van der Waals surface area contributed by atoms with E-state index in [0.717, 1.165) is 15.7 Å². The number of hydrazone groups is 1. The molecule has 1 rings (SSSR count). The molecule has 0 saturated carbocycles. The van der Waals surface area contributed by atoms with E-state index in [-0.39, 0.29) is 17.9 Å². The smallest absolute Gasteiger partial charge is 0.277 e. The molecule has 1 aromatic carbocycles. The number of halogens is 1. The largest absolute Gasteiger partial charge is 0.483 e. The summed E-state index contributed by atoms with van der Waals surface area (Å²) in [6.07, 6.45) is 0. The van der Waals surface area contributed by atoms with E-state index in [9.17, 15) is 4.79 Å². The van der Waals surface area contributed by atoms with Crippen molar-refractivity contribution in [3.8, 4) is 5.75 Å². The van der Waals surface area contributed by atoms with Crippen molar-refractivity contribution >= 4 is 27.5 Å². The molecule has 0 saturated heterocycles. The lowest BCUT2D eigenvalue weighted by atomic mass is 9.91. The summed E-state index contributed by atoms with van der Waals surface area (Å²) >= 11 is 3.40. The van der Waals surface area contributed by atoms with Crippen molar-refractivity contribution in [1.29, 1.82) is 0 Å². The van der Waals surface area contributed by atoms with Crippen molar-refractivity contribution in [2.75, 3.05) is 6.61 Å². The monoisotopic (exact) mass is 340 g/mol. The van der Waals surface area contributed by atoms with E-state index in [4.69, 9.17) is 4.74 Å². The average molecular weight is 341 g/mol. The Morgan fingerprint density at radius 1 is 1.40 bits per heavy atom. The van der Waals surface area contributed by atoms with Crippen LogP contribution in [0.4, 0.5) is 0 Å². The zero-order chi connectivity index (χ0) is 15.3. The fourth-order valence-corrected chi connectivity index (χ4v) is 1.82. The van der Waals surface area contributed by atoms with Gasteiger partial charge in [-0.05, 0) is 47.5 Å². The van der Waals surface area contributed by atoms with Crippen molar-refractivity contribution < 1.29 is 9.53 Å². The molecule has 0 aromatic heterocycles. The van der Waals surface area contributed by atoms with Crippen LogP contribution in [0.1, 0.15) is 33.3 Å². The minimum Gasteiger partial charge on any atom is -0.483 e. The summed E-state index contributed by atoms with van der Waals surface area (Å²) in [5.41, 5.74) is 4.42. The predicted molar refractivity (Wildman–Crippen MR) is 85.1 cm³/mol. The van der Waals surface area contributed by atoms with Crippen LogP contribution in [0.2, 0.25) is 0 Å². The third-order valence-corrected chi connectivity index (χ3v) is 3.50. The fourth-order valence-electron chi connectivity index (χ4n) is 1.21. The Morgan fingerprint density at radius 2 is 2.05 bits per heavy atom. The molecule has 0 spiro atoms. The van der Waals surface area contributed by atoms with Crippen molar-refractivity contribution in [3.63, 3.8) is 0 Å². The van der Waals surface area contributed by atoms with Gasteiger partial charge in [0.25, 0.3) is 5.91 Å². The van der Waals surface area contributed by atoms with Gasteiger partial charge in [0.15, 0.2) is 6.61 Å². The predicted octanol–water partition coefficient (Wildman–Crippen LogP) is 3.67. The highest BCUT2D eigenvalue weighted by molar-refractivity contribution is 9.10. The second-order valence-electron chi connectivity index (χ2n) is 5.70. The van der Waals surface area contributed by atoms with Crippen LogP contribution in [-0.2, 0) is 4.79 Å². The number of rotatable bonds is 4. The Balaban J connectivity index is 2.52. The second kappa shape index (κ2) is 6.88. The van der Waals surface area contributed by atoms with E-state index in [0.29, 0.717) is 5.75 Å². The van der Waals surface area contributed by atoms with Crippen LogP contribution < -0.4 is 10.2 Å². The molecule has 0 aliphatic carbocycles. The minimum absolute atomic E-state index is 0.0614. The van der Waals surface area contributed by atoms with Crippen molar-refractivity contribution in [2.45, 2.75) is 34.6 Å². The number of nitrogens with one attached hydrogen (secondary N) is 1. The van der Waals surface area contributed by atoms with Crippen LogP contribution in [-0.4, -0.2) is 18.2 Å². The van der Waals surface area contributed by atoms with Gasteiger partial charge in [0.2, 0.25) is 0 Å². The first-order chi connectivity index (χ1) is 9.20. The molecular weight excluding hydrogens is 320 g/mol. The number of hydrogen-bond acceptors (Lipinski definition) is 3. The van der Waals surface area contributed by atoms with E-state index in [2.05, 4.69) is 26.5 Å². The summed E-state index contributed by atoms with van der Waals surface area (Å²) in [7, 11) is 0. The van der Waals surface area contributed by atoms with Crippen LogP contribution >= 0.6 is 15.9 Å². The number of carbonyl (C=O) groups is 1. The quantitative estimate of drug-likeness (QED) is 0.671. The van der Waals surface area contributed by atoms with Crippen molar-refractivity contribution in [1.82, 2.24) is 5.43 Å². The standard InChI is InChI=1S/C15H21BrN2O2/c1-10-6-7-13(12(16)8-10)20-9-14(19)18-17-11(2)15(3,4)5/h6-8H,9H2,1-5H3,(H,18,19)/b17-11+. The van der Waals surface area contributed by atoms with Gasteiger partial charge in [0.05, 0.1) is 4.47 Å². The van der Waals surface area contributed by atoms with Crippen LogP contribution in [0.3, 0.4) is 0 Å². The first kappa shape index (κ1) is 16.7. The van der Waals surface area contributed by atoms with Crippen LogP contribution in [0.25, 0.3) is 0 Å². The third kappa shape index (κ3) is 5.33. The van der Waals surface area contributed by atoms with Gasteiger partial charge >= 0.3 is 0 Å². The first-order valence-electron chi connectivity index (χ1n) is 6.42. The number of aryl methyl sites for hydroxylation is 1. The maximum Gasteiger partial charge on any atom is 0.277 e. The summed E-state index contributed by atoms with van der Waals surface area (Å²) in [4.78, 5) is 11.7. The fraction of sp³-hybridized carbons (Fsp3) is 0.467. The van der Waals surface area contributed by atoms with Gasteiger partial charge in [-0.15, -0.1) is 0 Å². The number of carbonyl (C=O) groups excluding carboxylic acids is 1. The maximum atomic E-state index is 11.7. The first-order valence-corrected chi connectivity index (χ1v) is 7.22. The Kier molecular flexibility index (Phi) is 5.74. The number of ether oxygens (including phenoxy) is 1. The lowest BCUT2D eigenvalue weighted by Crippen LogP contribution is -2.28. The summed E-state index contributed by atoms with van der Waals surface area (Å²) in [5.74, 6) is 0.364. The van der Waals surface area contributed by atoms with Crippen molar-refractivity contribution in [3.05, 3.63) is 28.2 Å². The van der Waals surface area contributed by atoms with E-state index in [1.54, 1.807) is 0 Å². The Hall–Kier alpha value is -1.36. The molecule has 0 heterocycles. The molecule has 1 aromatic rings. The van der Waals surface area contributed by atoms with E-state index >= 15 is 0 Å². The molecule has 1 amide bonds. The van der Waals surface area contributed by atoms with Crippen LogP contribution in [0.15, 0.2) is 27.8 Å². The highest BCUT2D eigenvalue weighted by atomic mass is 79.9. The van der Waals surface area contributed by atoms with Gasteiger partial charge in [-0.3, -0.25) is 4.79 Å². The zero-order valence-corrected chi connectivity index (χ0v) is 14.2. The van der Waals surface area contributed by atoms with Gasteiger partial charge in [-0.1, -0.05) is 26.8 Å². The topological polar surface area (TPSA) is 50.7 Å². The molecule has 5 heteroatoms. The van der Waals surface area contributed by atoms with E-state index in [1.165, 1.54) is 0 Å².